The highest BCUT2D eigenvalue weighted by Crippen LogP contribution is 2.14. The molecule has 21 heavy (non-hydrogen) atoms. The monoisotopic (exact) mass is 288 g/mol. The molecule has 1 atom stereocenters. The van der Waals surface area contributed by atoms with Crippen LogP contribution >= 0.6 is 0 Å². The van der Waals surface area contributed by atoms with Gasteiger partial charge in [-0.15, -0.1) is 0 Å². The average Bonchev–Trinajstić information content (AvgIpc) is 2.95. The summed E-state index contributed by atoms with van der Waals surface area (Å²) in [7, 11) is 0. The fourth-order valence-electron chi connectivity index (χ4n) is 2.40. The van der Waals surface area contributed by atoms with Crippen molar-refractivity contribution in [3.63, 3.8) is 0 Å². The topological polar surface area (TPSA) is 81.4 Å². The van der Waals surface area contributed by atoms with Crippen LogP contribution in [0.4, 0.5) is 0 Å². The van der Waals surface area contributed by atoms with E-state index >= 15 is 0 Å². The Balaban J connectivity index is 1.67. The minimum Gasteiger partial charge on any atom is -0.438 e. The van der Waals surface area contributed by atoms with Crippen LogP contribution in [-0.4, -0.2) is 52.1 Å². The predicted octanol–water partition coefficient (Wildman–Crippen LogP) is 0.796. The Morgan fingerprint density at radius 2 is 2.29 bits per heavy atom. The summed E-state index contributed by atoms with van der Waals surface area (Å²) in [5.74, 6) is 0.299. The van der Waals surface area contributed by atoms with Gasteiger partial charge < -0.3 is 14.1 Å². The molecule has 7 heteroatoms. The molecule has 3 heterocycles. The van der Waals surface area contributed by atoms with Crippen molar-refractivity contribution in [2.45, 2.75) is 6.42 Å². The van der Waals surface area contributed by atoms with Crippen LogP contribution in [0.2, 0.25) is 0 Å². The molecular formula is C14H16N4O3. The fraction of sp³-hybridized carbons (Fsp3) is 0.429. The first-order chi connectivity index (χ1) is 10.3. The minimum atomic E-state index is -0.151. The van der Waals surface area contributed by atoms with E-state index in [1.807, 2.05) is 0 Å². The van der Waals surface area contributed by atoms with Gasteiger partial charge in [-0.1, -0.05) is 0 Å². The number of hydrogen-bond acceptors (Lipinski definition) is 6. The van der Waals surface area contributed by atoms with Crippen LogP contribution in [0.5, 0.6) is 0 Å². The van der Waals surface area contributed by atoms with Gasteiger partial charge in [0.25, 0.3) is 5.91 Å². The summed E-state index contributed by atoms with van der Waals surface area (Å²) in [4.78, 5) is 26.2. The summed E-state index contributed by atoms with van der Waals surface area (Å²) in [6, 6.07) is 0. The second-order valence-corrected chi connectivity index (χ2v) is 4.96. The molecular weight excluding hydrogens is 272 g/mol. The van der Waals surface area contributed by atoms with E-state index in [0.29, 0.717) is 26.3 Å². The van der Waals surface area contributed by atoms with Crippen molar-refractivity contribution in [2.24, 2.45) is 5.92 Å². The van der Waals surface area contributed by atoms with Gasteiger partial charge in [0.1, 0.15) is 0 Å². The lowest BCUT2D eigenvalue weighted by Gasteiger charge is -2.22. The summed E-state index contributed by atoms with van der Waals surface area (Å²) in [5, 5.41) is 0. The molecule has 1 aliphatic heterocycles. The molecule has 0 N–H and O–H groups in total. The Morgan fingerprint density at radius 3 is 3.05 bits per heavy atom. The van der Waals surface area contributed by atoms with Gasteiger partial charge in [0.2, 0.25) is 5.76 Å². The maximum absolute atomic E-state index is 12.3. The number of hydrogen-bond donors (Lipinski definition) is 0. The van der Waals surface area contributed by atoms with Gasteiger partial charge in [0, 0.05) is 37.6 Å². The predicted molar refractivity (Wildman–Crippen MR) is 72.5 cm³/mol. The average molecular weight is 288 g/mol. The van der Waals surface area contributed by atoms with Crippen LogP contribution in [0.1, 0.15) is 16.2 Å². The van der Waals surface area contributed by atoms with E-state index in [1.165, 1.54) is 12.6 Å². The van der Waals surface area contributed by atoms with Crippen molar-refractivity contribution in [2.75, 3.05) is 26.3 Å². The quantitative estimate of drug-likeness (QED) is 0.830. The number of nitrogens with zero attached hydrogens (tertiary/aromatic N) is 4. The number of aromatic nitrogens is 3. The van der Waals surface area contributed by atoms with E-state index in [-0.39, 0.29) is 17.6 Å². The lowest BCUT2D eigenvalue weighted by atomic mass is 10.0. The van der Waals surface area contributed by atoms with E-state index in [0.717, 1.165) is 12.1 Å². The summed E-state index contributed by atoms with van der Waals surface area (Å²) in [6.07, 6.45) is 8.49. The Morgan fingerprint density at radius 1 is 1.33 bits per heavy atom. The molecule has 1 saturated heterocycles. The molecule has 1 unspecified atom stereocenters. The number of rotatable bonds is 3. The number of carbonyl (C=O) groups is 1. The molecule has 0 bridgehead atoms. The molecule has 0 aliphatic carbocycles. The Kier molecular flexibility index (Phi) is 4.20. The highest BCUT2D eigenvalue weighted by molar-refractivity contribution is 5.91. The van der Waals surface area contributed by atoms with Crippen molar-refractivity contribution < 1.29 is 13.9 Å². The zero-order chi connectivity index (χ0) is 14.5. The standard InChI is InChI=1S/C14H16N4O3/c19-14(13-7-16-10-21-13)18-3-4-20-9-11(8-18)5-12-6-15-1-2-17-12/h1-2,6-7,10-11H,3-5,8-9H2. The second-order valence-electron chi connectivity index (χ2n) is 4.96. The van der Waals surface area contributed by atoms with Gasteiger partial charge in [-0.3, -0.25) is 14.8 Å². The van der Waals surface area contributed by atoms with Gasteiger partial charge in [0.15, 0.2) is 6.39 Å². The molecule has 110 valence electrons. The maximum atomic E-state index is 12.3. The van der Waals surface area contributed by atoms with Gasteiger partial charge in [-0.25, -0.2) is 4.98 Å². The number of oxazole rings is 1. The first-order valence-corrected chi connectivity index (χ1v) is 6.83. The van der Waals surface area contributed by atoms with Gasteiger partial charge in [-0.05, 0) is 6.42 Å². The van der Waals surface area contributed by atoms with Crippen LogP contribution in [-0.2, 0) is 11.2 Å². The minimum absolute atomic E-state index is 0.151. The zero-order valence-corrected chi connectivity index (χ0v) is 11.5. The van der Waals surface area contributed by atoms with E-state index in [1.54, 1.807) is 23.5 Å². The molecule has 0 saturated carbocycles. The third kappa shape index (κ3) is 3.43. The van der Waals surface area contributed by atoms with E-state index in [4.69, 9.17) is 9.15 Å². The van der Waals surface area contributed by atoms with Crippen LogP contribution in [0.25, 0.3) is 0 Å². The van der Waals surface area contributed by atoms with Gasteiger partial charge in [0.05, 0.1) is 25.1 Å². The second kappa shape index (κ2) is 6.45. The third-order valence-corrected chi connectivity index (χ3v) is 3.38. The SMILES string of the molecule is O=C(c1cnco1)N1CCOCC(Cc2cnccn2)C1. The molecule has 0 spiro atoms. The number of carbonyl (C=O) groups excluding carboxylic acids is 1. The molecule has 2 aromatic rings. The molecule has 2 aromatic heterocycles. The number of amides is 1. The molecule has 0 radical (unpaired) electrons. The normalized spacial score (nSPS) is 19.2. The Labute approximate surface area is 122 Å². The fourth-order valence-corrected chi connectivity index (χ4v) is 2.40. The van der Waals surface area contributed by atoms with Crippen LogP contribution in [0, 0.1) is 5.92 Å². The summed E-state index contributed by atoms with van der Waals surface area (Å²) in [6.45, 7) is 2.29. The number of ether oxygens (including phenoxy) is 1. The first kappa shape index (κ1) is 13.7. The highest BCUT2D eigenvalue weighted by atomic mass is 16.5. The molecule has 1 amide bonds. The summed E-state index contributed by atoms with van der Waals surface area (Å²) < 4.78 is 10.7. The summed E-state index contributed by atoms with van der Waals surface area (Å²) in [5.41, 5.74) is 0.903. The van der Waals surface area contributed by atoms with E-state index in [9.17, 15) is 4.79 Å². The van der Waals surface area contributed by atoms with Gasteiger partial charge >= 0.3 is 0 Å². The third-order valence-electron chi connectivity index (χ3n) is 3.38. The first-order valence-electron chi connectivity index (χ1n) is 6.83. The highest BCUT2D eigenvalue weighted by Gasteiger charge is 2.25. The smallest absolute Gasteiger partial charge is 0.291 e. The van der Waals surface area contributed by atoms with Crippen LogP contribution < -0.4 is 0 Å². The zero-order valence-electron chi connectivity index (χ0n) is 11.5. The van der Waals surface area contributed by atoms with Crippen LogP contribution in [0.15, 0.2) is 35.6 Å². The molecule has 3 rings (SSSR count). The van der Waals surface area contributed by atoms with Crippen molar-refractivity contribution in [1.82, 2.24) is 19.9 Å². The largest absolute Gasteiger partial charge is 0.438 e. The van der Waals surface area contributed by atoms with Crippen LogP contribution in [0.3, 0.4) is 0 Å². The summed E-state index contributed by atoms with van der Waals surface area (Å²) >= 11 is 0. The molecule has 0 aromatic carbocycles. The Hall–Kier alpha value is -2.28. The van der Waals surface area contributed by atoms with Crippen molar-refractivity contribution >= 4 is 5.91 Å². The van der Waals surface area contributed by atoms with E-state index < -0.39 is 0 Å². The molecule has 7 nitrogen and oxygen atoms in total. The molecule has 1 fully saturated rings. The Bertz CT molecular complexity index is 573. The van der Waals surface area contributed by atoms with Crippen molar-refractivity contribution in [1.29, 1.82) is 0 Å². The van der Waals surface area contributed by atoms with E-state index in [2.05, 4.69) is 15.0 Å². The lowest BCUT2D eigenvalue weighted by Crippen LogP contribution is -2.36. The lowest BCUT2D eigenvalue weighted by molar-refractivity contribution is 0.0705. The van der Waals surface area contributed by atoms with Gasteiger partial charge in [-0.2, -0.15) is 0 Å². The van der Waals surface area contributed by atoms with Crippen molar-refractivity contribution in [3.8, 4) is 0 Å². The maximum Gasteiger partial charge on any atom is 0.291 e. The molecule has 1 aliphatic rings. The van der Waals surface area contributed by atoms with Crippen molar-refractivity contribution in [3.05, 3.63) is 42.6 Å².